The molecule has 20 heavy (non-hydrogen) atoms. The van der Waals surface area contributed by atoms with Crippen LogP contribution in [0.4, 0.5) is 0 Å². The molecular weight excluding hydrogens is 278 g/mol. The van der Waals surface area contributed by atoms with Gasteiger partial charge in [-0.3, -0.25) is 4.79 Å². The summed E-state index contributed by atoms with van der Waals surface area (Å²) in [5.41, 5.74) is 0.396. The first-order valence-electron chi connectivity index (χ1n) is 6.30. The lowest BCUT2D eigenvalue weighted by Gasteiger charge is -2.33. The molecule has 7 heteroatoms. The highest BCUT2D eigenvalue weighted by molar-refractivity contribution is 7.89. The minimum absolute atomic E-state index is 0.102. The molecule has 1 fully saturated rings. The van der Waals surface area contributed by atoms with Gasteiger partial charge in [0.2, 0.25) is 15.9 Å². The van der Waals surface area contributed by atoms with Gasteiger partial charge in [0.05, 0.1) is 16.5 Å². The Balaban J connectivity index is 2.37. The third-order valence-corrected chi connectivity index (χ3v) is 5.18. The summed E-state index contributed by atoms with van der Waals surface area (Å²) >= 11 is 0. The highest BCUT2D eigenvalue weighted by atomic mass is 32.2. The lowest BCUT2D eigenvalue weighted by molar-refractivity contribution is -0.126. The predicted octanol–water partition coefficient (Wildman–Crippen LogP) is 0.457. The van der Waals surface area contributed by atoms with E-state index in [4.69, 9.17) is 5.26 Å². The Labute approximate surface area is 118 Å². The van der Waals surface area contributed by atoms with Crippen molar-refractivity contribution in [2.24, 2.45) is 0 Å². The number of rotatable bonds is 3. The Morgan fingerprint density at radius 2 is 2.05 bits per heavy atom. The van der Waals surface area contributed by atoms with Crippen LogP contribution in [0.1, 0.15) is 18.9 Å². The zero-order chi connectivity index (χ0) is 14.8. The standard InChI is InChI=1S/C13H15N3O3S/c1-2-12-13(17)15-7-8-16(12)20(18,19)11-5-3-10(9-14)4-6-11/h3-6,12H,2,7-8H2,1H3,(H,15,17). The van der Waals surface area contributed by atoms with Gasteiger partial charge in [0, 0.05) is 13.1 Å². The summed E-state index contributed by atoms with van der Waals surface area (Å²) in [6.45, 7) is 2.34. The van der Waals surface area contributed by atoms with Gasteiger partial charge in [-0.1, -0.05) is 6.92 Å². The number of nitriles is 1. The summed E-state index contributed by atoms with van der Waals surface area (Å²) in [7, 11) is -3.72. The summed E-state index contributed by atoms with van der Waals surface area (Å²) in [5.74, 6) is -0.268. The summed E-state index contributed by atoms with van der Waals surface area (Å²) < 4.78 is 26.4. The summed E-state index contributed by atoms with van der Waals surface area (Å²) in [6.07, 6.45) is 0.418. The van der Waals surface area contributed by atoms with E-state index in [2.05, 4.69) is 5.32 Å². The molecule has 1 N–H and O–H groups in total. The molecule has 0 spiro atoms. The molecule has 6 nitrogen and oxygen atoms in total. The second kappa shape index (κ2) is 5.61. The molecule has 1 atom stereocenters. The van der Waals surface area contributed by atoms with E-state index in [0.717, 1.165) is 0 Å². The molecule has 0 bridgehead atoms. The maximum Gasteiger partial charge on any atom is 0.243 e. The molecule has 1 amide bonds. The fourth-order valence-electron chi connectivity index (χ4n) is 2.21. The lowest BCUT2D eigenvalue weighted by atomic mass is 10.2. The van der Waals surface area contributed by atoms with Crippen molar-refractivity contribution in [1.82, 2.24) is 9.62 Å². The zero-order valence-electron chi connectivity index (χ0n) is 11.0. The Morgan fingerprint density at radius 1 is 1.40 bits per heavy atom. The van der Waals surface area contributed by atoms with Crippen LogP contribution in [-0.4, -0.2) is 37.8 Å². The van der Waals surface area contributed by atoms with E-state index >= 15 is 0 Å². The predicted molar refractivity (Wildman–Crippen MR) is 72.1 cm³/mol. The van der Waals surface area contributed by atoms with Gasteiger partial charge in [-0.2, -0.15) is 9.57 Å². The van der Waals surface area contributed by atoms with Crippen LogP contribution >= 0.6 is 0 Å². The van der Waals surface area contributed by atoms with E-state index in [1.54, 1.807) is 6.92 Å². The van der Waals surface area contributed by atoms with Gasteiger partial charge in [-0.05, 0) is 30.7 Å². The molecule has 2 rings (SSSR count). The van der Waals surface area contributed by atoms with Crippen molar-refractivity contribution in [3.63, 3.8) is 0 Å². The molecular formula is C13H15N3O3S. The van der Waals surface area contributed by atoms with Crippen LogP contribution in [0.3, 0.4) is 0 Å². The monoisotopic (exact) mass is 293 g/mol. The third kappa shape index (κ3) is 2.53. The maximum atomic E-state index is 12.6. The van der Waals surface area contributed by atoms with Crippen molar-refractivity contribution in [3.8, 4) is 6.07 Å². The minimum Gasteiger partial charge on any atom is -0.353 e. The number of sulfonamides is 1. The number of carbonyl (C=O) groups excluding carboxylic acids is 1. The number of benzene rings is 1. The summed E-state index contributed by atoms with van der Waals surface area (Å²) in [4.78, 5) is 11.9. The SMILES string of the molecule is CCC1C(=O)NCCN1S(=O)(=O)c1ccc(C#N)cc1. The van der Waals surface area contributed by atoms with Gasteiger partial charge in [0.15, 0.2) is 0 Å². The average Bonchev–Trinajstić information content (AvgIpc) is 2.47. The molecule has 1 aromatic carbocycles. The van der Waals surface area contributed by atoms with E-state index < -0.39 is 16.1 Å². The van der Waals surface area contributed by atoms with Crippen LogP contribution in [0.5, 0.6) is 0 Å². The summed E-state index contributed by atoms with van der Waals surface area (Å²) in [6, 6.07) is 6.97. The van der Waals surface area contributed by atoms with Crippen molar-refractivity contribution in [3.05, 3.63) is 29.8 Å². The highest BCUT2D eigenvalue weighted by Gasteiger charge is 2.37. The van der Waals surface area contributed by atoms with E-state index in [-0.39, 0.29) is 17.3 Å². The fraction of sp³-hybridized carbons (Fsp3) is 0.385. The van der Waals surface area contributed by atoms with Crippen molar-refractivity contribution >= 4 is 15.9 Å². The van der Waals surface area contributed by atoms with Gasteiger partial charge in [0.25, 0.3) is 0 Å². The number of hydrogen-bond donors (Lipinski definition) is 1. The largest absolute Gasteiger partial charge is 0.353 e. The highest BCUT2D eigenvalue weighted by Crippen LogP contribution is 2.21. The number of hydrogen-bond acceptors (Lipinski definition) is 4. The zero-order valence-corrected chi connectivity index (χ0v) is 11.9. The normalized spacial score (nSPS) is 20.2. The Bertz CT molecular complexity index is 646. The number of nitrogens with zero attached hydrogens (tertiary/aromatic N) is 2. The summed E-state index contributed by atoms with van der Waals surface area (Å²) in [5, 5.41) is 11.4. The Kier molecular flexibility index (Phi) is 4.06. The van der Waals surface area contributed by atoms with Crippen LogP contribution in [0.2, 0.25) is 0 Å². The molecule has 0 saturated carbocycles. The second-order valence-corrected chi connectivity index (χ2v) is 6.36. The van der Waals surface area contributed by atoms with Gasteiger partial charge in [0.1, 0.15) is 6.04 Å². The minimum atomic E-state index is -3.72. The van der Waals surface area contributed by atoms with Crippen LogP contribution in [0, 0.1) is 11.3 Å². The topological polar surface area (TPSA) is 90.3 Å². The van der Waals surface area contributed by atoms with Crippen LogP contribution < -0.4 is 5.32 Å². The Morgan fingerprint density at radius 3 is 2.60 bits per heavy atom. The molecule has 1 aromatic rings. The fourth-order valence-corrected chi connectivity index (χ4v) is 3.87. The van der Waals surface area contributed by atoms with Gasteiger partial charge >= 0.3 is 0 Å². The number of piperazine rings is 1. The van der Waals surface area contributed by atoms with Crippen LogP contribution in [-0.2, 0) is 14.8 Å². The molecule has 1 heterocycles. The molecule has 106 valence electrons. The van der Waals surface area contributed by atoms with E-state index in [1.807, 2.05) is 6.07 Å². The molecule has 1 unspecified atom stereocenters. The van der Waals surface area contributed by atoms with E-state index in [9.17, 15) is 13.2 Å². The van der Waals surface area contributed by atoms with Gasteiger partial charge in [-0.15, -0.1) is 0 Å². The van der Waals surface area contributed by atoms with E-state index in [0.29, 0.717) is 18.5 Å². The van der Waals surface area contributed by atoms with Crippen molar-refractivity contribution in [1.29, 1.82) is 5.26 Å². The molecule has 1 aliphatic rings. The number of amides is 1. The van der Waals surface area contributed by atoms with Crippen molar-refractivity contribution in [2.75, 3.05) is 13.1 Å². The van der Waals surface area contributed by atoms with Crippen LogP contribution in [0.25, 0.3) is 0 Å². The number of carbonyl (C=O) groups is 1. The number of nitrogens with one attached hydrogen (secondary N) is 1. The van der Waals surface area contributed by atoms with Crippen molar-refractivity contribution in [2.45, 2.75) is 24.3 Å². The average molecular weight is 293 g/mol. The van der Waals surface area contributed by atoms with Gasteiger partial charge in [-0.25, -0.2) is 8.42 Å². The molecule has 1 saturated heterocycles. The quantitative estimate of drug-likeness (QED) is 0.876. The molecule has 0 radical (unpaired) electrons. The Hall–Kier alpha value is -1.91. The smallest absolute Gasteiger partial charge is 0.243 e. The maximum absolute atomic E-state index is 12.6. The van der Waals surface area contributed by atoms with Gasteiger partial charge < -0.3 is 5.32 Å². The molecule has 0 aromatic heterocycles. The molecule has 0 aliphatic carbocycles. The first kappa shape index (κ1) is 14.5. The van der Waals surface area contributed by atoms with Crippen LogP contribution in [0.15, 0.2) is 29.2 Å². The first-order chi connectivity index (χ1) is 9.50. The molecule has 1 aliphatic heterocycles. The third-order valence-electron chi connectivity index (χ3n) is 3.26. The lowest BCUT2D eigenvalue weighted by Crippen LogP contribution is -2.56. The van der Waals surface area contributed by atoms with E-state index in [1.165, 1.54) is 28.6 Å². The van der Waals surface area contributed by atoms with Crippen molar-refractivity contribution < 1.29 is 13.2 Å². The second-order valence-electron chi connectivity index (χ2n) is 4.47. The first-order valence-corrected chi connectivity index (χ1v) is 7.74.